The number of likely N-dealkylation sites (tertiary alicyclic amines) is 1. The number of hydrogen-bond acceptors (Lipinski definition) is 4. The summed E-state index contributed by atoms with van der Waals surface area (Å²) in [6.07, 6.45) is 1.86. The summed E-state index contributed by atoms with van der Waals surface area (Å²) in [5.41, 5.74) is 8.22. The molecule has 2 heterocycles. The second kappa shape index (κ2) is 8.95. The molecule has 0 saturated carbocycles. The monoisotopic (exact) mass is 418 g/mol. The summed E-state index contributed by atoms with van der Waals surface area (Å²) in [7, 11) is 0. The van der Waals surface area contributed by atoms with Crippen molar-refractivity contribution in [3.8, 4) is 0 Å². The lowest BCUT2D eigenvalue weighted by Crippen LogP contribution is -2.66. The normalized spacial score (nSPS) is 18.0. The van der Waals surface area contributed by atoms with Gasteiger partial charge in [0.05, 0.1) is 18.0 Å². The lowest BCUT2D eigenvalue weighted by Gasteiger charge is -2.44. The number of nitrogen functional groups attached to an aromatic ring is 1. The van der Waals surface area contributed by atoms with E-state index in [1.807, 2.05) is 60.7 Å². The third kappa shape index (κ3) is 4.26. The number of β-lactam (4-membered cyclic amide) rings is 1. The molecule has 3 N–H and O–H groups in total. The lowest BCUT2D eigenvalue weighted by atomic mass is 9.83. The quantitative estimate of drug-likeness (QED) is 0.600. The van der Waals surface area contributed by atoms with Crippen LogP contribution in [0.25, 0.3) is 0 Å². The van der Waals surface area contributed by atoms with Gasteiger partial charge in [-0.3, -0.25) is 9.69 Å². The maximum atomic E-state index is 13.8. The van der Waals surface area contributed by atoms with Crippen LogP contribution in [0, 0.1) is 5.92 Å². The van der Waals surface area contributed by atoms with Crippen LogP contribution in [0.15, 0.2) is 79.0 Å². The summed E-state index contributed by atoms with van der Waals surface area (Å²) in [4.78, 5) is 30.7. The van der Waals surface area contributed by atoms with Crippen molar-refractivity contribution in [2.75, 3.05) is 12.4 Å². The molecule has 3 aromatic rings. The number of hydrogen-bond donors (Lipinski definition) is 2. The topological polar surface area (TPSA) is 88.3 Å². The van der Waals surface area contributed by atoms with Crippen molar-refractivity contribution in [2.45, 2.75) is 18.5 Å². The largest absolute Gasteiger partial charge is 0.384 e. The summed E-state index contributed by atoms with van der Waals surface area (Å²) < 4.78 is 13.8. The molecule has 6 nitrogen and oxygen atoms in total. The van der Waals surface area contributed by atoms with Crippen molar-refractivity contribution < 1.29 is 14.0 Å². The molecule has 4 rings (SSSR count). The second-order valence-corrected chi connectivity index (χ2v) is 7.53. The number of carbonyl (C=O) groups excluding carboxylic acids is 2. The molecule has 2 aromatic carbocycles. The Labute approximate surface area is 179 Å². The fourth-order valence-electron chi connectivity index (χ4n) is 3.97. The van der Waals surface area contributed by atoms with Crippen LogP contribution < -0.4 is 11.1 Å². The number of nitrogens with zero attached hydrogens (tertiary/aromatic N) is 2. The lowest BCUT2D eigenvalue weighted by molar-refractivity contribution is -0.150. The number of benzene rings is 2. The SMILES string of the molecule is Nc1cc(CC2C(=O)N(C(=O)NC(c3ccccc3)c3ccccc3)C2CF)ccn1. The van der Waals surface area contributed by atoms with E-state index in [1.165, 1.54) is 0 Å². The van der Waals surface area contributed by atoms with Gasteiger partial charge in [0.25, 0.3) is 0 Å². The van der Waals surface area contributed by atoms with Crippen molar-refractivity contribution >= 4 is 17.8 Å². The fraction of sp³-hybridized carbons (Fsp3) is 0.208. The van der Waals surface area contributed by atoms with Gasteiger partial charge in [0.2, 0.25) is 5.91 Å². The molecule has 7 heteroatoms. The summed E-state index contributed by atoms with van der Waals surface area (Å²) >= 11 is 0. The molecule has 0 aliphatic carbocycles. The van der Waals surface area contributed by atoms with E-state index in [4.69, 9.17) is 5.73 Å². The van der Waals surface area contributed by atoms with E-state index in [1.54, 1.807) is 18.3 Å². The smallest absolute Gasteiger partial charge is 0.325 e. The van der Waals surface area contributed by atoms with Crippen molar-refractivity contribution in [3.63, 3.8) is 0 Å². The Morgan fingerprint density at radius 3 is 2.23 bits per heavy atom. The minimum Gasteiger partial charge on any atom is -0.384 e. The van der Waals surface area contributed by atoms with E-state index in [0.29, 0.717) is 12.2 Å². The van der Waals surface area contributed by atoms with Gasteiger partial charge in [-0.15, -0.1) is 0 Å². The number of nitrogens with two attached hydrogens (primary N) is 1. The molecule has 0 bridgehead atoms. The summed E-state index contributed by atoms with van der Waals surface area (Å²) in [6.45, 7) is -0.800. The molecular formula is C24H23FN4O2. The third-order valence-electron chi connectivity index (χ3n) is 5.56. The van der Waals surface area contributed by atoms with Gasteiger partial charge < -0.3 is 11.1 Å². The Balaban J connectivity index is 1.52. The summed E-state index contributed by atoms with van der Waals surface area (Å²) in [5.74, 6) is -0.663. The number of halogens is 1. The molecule has 0 radical (unpaired) electrons. The number of aromatic nitrogens is 1. The first-order valence-corrected chi connectivity index (χ1v) is 10.1. The first-order valence-electron chi connectivity index (χ1n) is 10.1. The number of alkyl halides is 1. The number of amides is 3. The Bertz CT molecular complexity index is 1020. The Morgan fingerprint density at radius 1 is 1.06 bits per heavy atom. The molecule has 1 saturated heterocycles. The zero-order chi connectivity index (χ0) is 21.8. The van der Waals surface area contributed by atoms with Crippen molar-refractivity contribution in [1.29, 1.82) is 0 Å². The van der Waals surface area contributed by atoms with Crippen LogP contribution in [0.1, 0.15) is 22.7 Å². The standard InChI is InChI=1S/C24H23FN4O2/c25-15-20-19(13-16-11-12-27-21(26)14-16)23(30)29(20)24(31)28-22(17-7-3-1-4-8-17)18-9-5-2-6-10-18/h1-12,14,19-20,22H,13,15H2,(H2,26,27)(H,28,31). The number of pyridine rings is 1. The van der Waals surface area contributed by atoms with E-state index in [0.717, 1.165) is 21.6 Å². The molecule has 0 spiro atoms. The highest BCUT2D eigenvalue weighted by Crippen LogP contribution is 2.32. The van der Waals surface area contributed by atoms with Crippen LogP contribution in [-0.4, -0.2) is 34.5 Å². The van der Waals surface area contributed by atoms with Crippen LogP contribution in [0.3, 0.4) is 0 Å². The molecule has 3 amide bonds. The average molecular weight is 418 g/mol. The number of anilines is 1. The maximum Gasteiger partial charge on any atom is 0.325 e. The highest BCUT2D eigenvalue weighted by Gasteiger charge is 2.50. The van der Waals surface area contributed by atoms with Gasteiger partial charge in [-0.05, 0) is 35.2 Å². The number of imide groups is 1. The third-order valence-corrected chi connectivity index (χ3v) is 5.56. The van der Waals surface area contributed by atoms with Crippen molar-refractivity contribution in [2.24, 2.45) is 5.92 Å². The van der Waals surface area contributed by atoms with Crippen molar-refractivity contribution in [1.82, 2.24) is 15.2 Å². The van der Waals surface area contributed by atoms with E-state index in [2.05, 4.69) is 10.3 Å². The second-order valence-electron chi connectivity index (χ2n) is 7.53. The Hall–Kier alpha value is -3.74. The molecular weight excluding hydrogens is 395 g/mol. The predicted octanol–water partition coefficient (Wildman–Crippen LogP) is 3.50. The summed E-state index contributed by atoms with van der Waals surface area (Å²) in [5, 5.41) is 2.91. The fourth-order valence-corrected chi connectivity index (χ4v) is 3.97. The van der Waals surface area contributed by atoms with Crippen LogP contribution in [0.2, 0.25) is 0 Å². The van der Waals surface area contributed by atoms with Gasteiger partial charge in [0, 0.05) is 6.20 Å². The van der Waals surface area contributed by atoms with E-state index >= 15 is 0 Å². The maximum absolute atomic E-state index is 13.8. The number of carbonyl (C=O) groups is 2. The molecule has 1 aromatic heterocycles. The van der Waals surface area contributed by atoms with E-state index in [-0.39, 0.29) is 0 Å². The number of rotatable bonds is 6. The van der Waals surface area contributed by atoms with Crippen LogP contribution in [-0.2, 0) is 11.2 Å². The highest BCUT2D eigenvalue weighted by atomic mass is 19.1. The Kier molecular flexibility index (Phi) is 5.93. The molecule has 31 heavy (non-hydrogen) atoms. The van der Waals surface area contributed by atoms with Crippen LogP contribution in [0.4, 0.5) is 15.0 Å². The van der Waals surface area contributed by atoms with E-state index < -0.39 is 36.6 Å². The molecule has 1 aliphatic heterocycles. The molecule has 1 aliphatic rings. The molecule has 1 fully saturated rings. The van der Waals surface area contributed by atoms with E-state index in [9.17, 15) is 14.0 Å². The zero-order valence-electron chi connectivity index (χ0n) is 16.8. The highest BCUT2D eigenvalue weighted by molar-refractivity contribution is 6.01. The number of urea groups is 1. The predicted molar refractivity (Wildman–Crippen MR) is 116 cm³/mol. The van der Waals surface area contributed by atoms with Gasteiger partial charge in [0.1, 0.15) is 12.5 Å². The first kappa shape index (κ1) is 20.5. The zero-order valence-corrected chi connectivity index (χ0v) is 16.8. The van der Waals surface area contributed by atoms with Gasteiger partial charge in [0.15, 0.2) is 0 Å². The number of nitrogens with one attached hydrogen (secondary N) is 1. The molecule has 158 valence electrons. The van der Waals surface area contributed by atoms with Crippen LogP contribution in [0.5, 0.6) is 0 Å². The minimum absolute atomic E-state index is 0.310. The van der Waals surface area contributed by atoms with Crippen molar-refractivity contribution in [3.05, 3.63) is 95.7 Å². The average Bonchev–Trinajstić information content (AvgIpc) is 2.80. The van der Waals surface area contributed by atoms with Gasteiger partial charge in [-0.1, -0.05) is 60.7 Å². The van der Waals surface area contributed by atoms with Gasteiger partial charge in [-0.2, -0.15) is 0 Å². The minimum atomic E-state index is -0.811. The Morgan fingerprint density at radius 2 is 1.68 bits per heavy atom. The molecule has 2 atom stereocenters. The van der Waals surface area contributed by atoms with Crippen LogP contribution >= 0.6 is 0 Å². The van der Waals surface area contributed by atoms with Gasteiger partial charge in [-0.25, -0.2) is 14.2 Å². The first-order chi connectivity index (χ1) is 15.1. The van der Waals surface area contributed by atoms with Gasteiger partial charge >= 0.3 is 6.03 Å². The molecule has 2 unspecified atom stereocenters. The summed E-state index contributed by atoms with van der Waals surface area (Å²) in [6, 6.07) is 20.4.